The number of hydrogen-bond donors (Lipinski definition) is 1. The molecule has 2 aromatic rings. The number of halogens is 6. The fourth-order valence-electron chi connectivity index (χ4n) is 4.34. The maximum absolute atomic E-state index is 14.2. The third kappa shape index (κ3) is 4.30. The van der Waals surface area contributed by atoms with Crippen LogP contribution >= 0.6 is 23.2 Å². The number of rotatable bonds is 5. The number of ether oxygens (including phenoxy) is 1. The molecule has 36 heavy (non-hydrogen) atoms. The topological polar surface area (TPSA) is 77.0 Å². The predicted octanol–water partition coefficient (Wildman–Crippen LogP) is 5.85. The van der Waals surface area contributed by atoms with Gasteiger partial charge < -0.3 is 14.9 Å². The van der Waals surface area contributed by atoms with Gasteiger partial charge in [-0.1, -0.05) is 34.4 Å². The zero-order valence-corrected chi connectivity index (χ0v) is 20.6. The maximum Gasteiger partial charge on any atom is 0.435 e. The third-order valence-electron chi connectivity index (χ3n) is 6.58. The molecule has 0 radical (unpaired) electrons. The van der Waals surface area contributed by atoms with Gasteiger partial charge in [0, 0.05) is 17.5 Å². The van der Waals surface area contributed by atoms with E-state index in [1.165, 1.54) is 25.3 Å². The van der Waals surface area contributed by atoms with E-state index in [0.717, 1.165) is 18.6 Å². The molecular formula is C24H20Cl2F4N2O4. The summed E-state index contributed by atoms with van der Waals surface area (Å²) >= 11 is 11.5. The second kappa shape index (κ2) is 9.23. The summed E-state index contributed by atoms with van der Waals surface area (Å²) in [4.78, 5) is 29.9. The standard InChI is InChI=1S/C24H20Cl2F4N2O4/c1-12-8-13(4-5-15(12)20(33)31-22(6-3-7-22)21(34)35-2)18-11-23(36-32-18,24(28,29)30)14-9-16(25)19(27)17(26)10-14/h4-5,8-10H,3,6-7,11H2,1-2H3,(H,31,33). The maximum atomic E-state index is 14.2. The Labute approximate surface area is 213 Å². The van der Waals surface area contributed by atoms with E-state index >= 15 is 0 Å². The van der Waals surface area contributed by atoms with Crippen molar-refractivity contribution >= 4 is 40.8 Å². The van der Waals surface area contributed by atoms with E-state index < -0.39 is 57.0 Å². The number of nitrogens with zero attached hydrogens (tertiary/aromatic N) is 1. The number of carbonyl (C=O) groups excluding carboxylic acids is 2. The van der Waals surface area contributed by atoms with Crippen LogP contribution in [0, 0.1) is 12.7 Å². The second-order valence-corrected chi connectivity index (χ2v) is 9.61. The minimum atomic E-state index is -4.94. The SMILES string of the molecule is COC(=O)C1(NC(=O)c2ccc(C3=NOC(c4cc(Cl)c(F)c(Cl)c4)(C(F)(F)F)C3)cc2C)CCC1. The Bertz CT molecular complexity index is 1250. The number of esters is 1. The highest BCUT2D eigenvalue weighted by atomic mass is 35.5. The Kier molecular flexibility index (Phi) is 6.72. The molecule has 1 unspecified atom stereocenters. The quantitative estimate of drug-likeness (QED) is 0.290. The molecule has 1 heterocycles. The molecule has 12 heteroatoms. The summed E-state index contributed by atoms with van der Waals surface area (Å²) in [6.45, 7) is 1.61. The number of hydrogen-bond acceptors (Lipinski definition) is 5. The number of benzene rings is 2. The zero-order chi connectivity index (χ0) is 26.5. The van der Waals surface area contributed by atoms with Gasteiger partial charge in [0.25, 0.3) is 11.5 Å². The van der Waals surface area contributed by atoms with Gasteiger partial charge >= 0.3 is 12.1 Å². The first-order valence-corrected chi connectivity index (χ1v) is 11.6. The molecule has 192 valence electrons. The highest BCUT2D eigenvalue weighted by Crippen LogP contribution is 2.50. The lowest BCUT2D eigenvalue weighted by atomic mass is 9.76. The van der Waals surface area contributed by atoms with Crippen molar-refractivity contribution < 1.29 is 36.7 Å². The Morgan fingerprint density at radius 2 is 1.78 bits per heavy atom. The van der Waals surface area contributed by atoms with Crippen LogP contribution in [0.1, 0.15) is 52.7 Å². The Balaban J connectivity index is 1.60. The summed E-state index contributed by atoms with van der Waals surface area (Å²) in [5, 5.41) is 5.23. The molecule has 2 aromatic carbocycles. The van der Waals surface area contributed by atoms with Crippen molar-refractivity contribution in [3.05, 3.63) is 68.4 Å². The van der Waals surface area contributed by atoms with Crippen LogP contribution in [-0.4, -0.2) is 36.4 Å². The van der Waals surface area contributed by atoms with Gasteiger partial charge in [0.1, 0.15) is 5.54 Å². The molecule has 2 aliphatic rings. The van der Waals surface area contributed by atoms with Gasteiger partial charge in [-0.25, -0.2) is 9.18 Å². The van der Waals surface area contributed by atoms with Crippen LogP contribution < -0.4 is 5.32 Å². The zero-order valence-electron chi connectivity index (χ0n) is 19.1. The van der Waals surface area contributed by atoms with Crippen molar-refractivity contribution in [1.29, 1.82) is 0 Å². The average Bonchev–Trinajstić information content (AvgIpc) is 3.26. The molecular weight excluding hydrogens is 527 g/mol. The molecule has 0 spiro atoms. The minimum absolute atomic E-state index is 0.0380. The second-order valence-electron chi connectivity index (χ2n) is 8.80. The van der Waals surface area contributed by atoms with Crippen LogP contribution in [0.5, 0.6) is 0 Å². The first-order chi connectivity index (χ1) is 16.8. The largest absolute Gasteiger partial charge is 0.467 e. The number of carbonyl (C=O) groups is 2. The number of aryl methyl sites for hydroxylation is 1. The Morgan fingerprint density at radius 3 is 2.28 bits per heavy atom. The van der Waals surface area contributed by atoms with Crippen molar-refractivity contribution in [2.24, 2.45) is 5.16 Å². The van der Waals surface area contributed by atoms with Gasteiger partial charge in [0.05, 0.1) is 22.9 Å². The molecule has 1 atom stereocenters. The first-order valence-electron chi connectivity index (χ1n) is 10.8. The number of alkyl halides is 3. The van der Waals surface area contributed by atoms with Crippen LogP contribution in [-0.2, 0) is 20.0 Å². The third-order valence-corrected chi connectivity index (χ3v) is 7.13. The van der Waals surface area contributed by atoms with Crippen LogP contribution in [0.3, 0.4) is 0 Å². The minimum Gasteiger partial charge on any atom is -0.467 e. The fraction of sp³-hybridized carbons (Fsp3) is 0.375. The Hall–Kier alpha value is -2.85. The lowest BCUT2D eigenvalue weighted by Crippen LogP contribution is -2.59. The van der Waals surface area contributed by atoms with Gasteiger partial charge in [-0.3, -0.25) is 4.79 Å². The number of methoxy groups -OCH3 is 1. The van der Waals surface area contributed by atoms with Crippen LogP contribution in [0.2, 0.25) is 10.0 Å². The summed E-state index contributed by atoms with van der Waals surface area (Å²) in [5.74, 6) is -2.08. The van der Waals surface area contributed by atoms with E-state index in [1.807, 2.05) is 0 Å². The summed E-state index contributed by atoms with van der Waals surface area (Å²) in [6.07, 6.45) is -4.01. The summed E-state index contributed by atoms with van der Waals surface area (Å²) < 4.78 is 61.3. The predicted molar refractivity (Wildman–Crippen MR) is 124 cm³/mol. The average molecular weight is 547 g/mol. The molecule has 1 aliphatic heterocycles. The number of oxime groups is 1. The molecule has 1 fully saturated rings. The number of nitrogens with one attached hydrogen (secondary N) is 1. The fourth-order valence-corrected chi connectivity index (χ4v) is 4.82. The molecule has 1 saturated carbocycles. The lowest BCUT2D eigenvalue weighted by molar-refractivity contribution is -0.275. The normalized spacial score (nSPS) is 20.7. The van der Waals surface area contributed by atoms with Gasteiger partial charge in [-0.05, 0) is 61.6 Å². The Morgan fingerprint density at radius 1 is 1.14 bits per heavy atom. The van der Waals surface area contributed by atoms with E-state index in [4.69, 9.17) is 32.8 Å². The summed E-state index contributed by atoms with van der Waals surface area (Å²) in [6, 6.07) is 5.99. The molecule has 1 aliphatic carbocycles. The van der Waals surface area contributed by atoms with E-state index in [-0.39, 0.29) is 11.3 Å². The molecule has 0 bridgehead atoms. The lowest BCUT2D eigenvalue weighted by Gasteiger charge is -2.39. The van der Waals surface area contributed by atoms with Crippen molar-refractivity contribution in [2.75, 3.05) is 7.11 Å². The summed E-state index contributed by atoms with van der Waals surface area (Å²) in [5.41, 5.74) is -3.55. The molecule has 6 nitrogen and oxygen atoms in total. The van der Waals surface area contributed by atoms with Crippen LogP contribution in [0.15, 0.2) is 35.5 Å². The monoisotopic (exact) mass is 546 g/mol. The van der Waals surface area contributed by atoms with Crippen LogP contribution in [0.4, 0.5) is 17.6 Å². The highest BCUT2D eigenvalue weighted by Gasteiger charge is 2.62. The van der Waals surface area contributed by atoms with E-state index in [1.54, 1.807) is 6.92 Å². The van der Waals surface area contributed by atoms with Crippen LogP contribution in [0.25, 0.3) is 0 Å². The van der Waals surface area contributed by atoms with Crippen molar-refractivity contribution in [3.8, 4) is 0 Å². The van der Waals surface area contributed by atoms with Gasteiger partial charge in [-0.2, -0.15) is 13.2 Å². The number of amides is 1. The van der Waals surface area contributed by atoms with E-state index in [0.29, 0.717) is 24.0 Å². The highest BCUT2D eigenvalue weighted by molar-refractivity contribution is 6.35. The summed E-state index contributed by atoms with van der Waals surface area (Å²) in [7, 11) is 1.24. The van der Waals surface area contributed by atoms with E-state index in [9.17, 15) is 27.2 Å². The smallest absolute Gasteiger partial charge is 0.435 e. The van der Waals surface area contributed by atoms with Crippen molar-refractivity contribution in [2.45, 2.75) is 49.9 Å². The van der Waals surface area contributed by atoms with Crippen molar-refractivity contribution in [3.63, 3.8) is 0 Å². The molecule has 0 saturated heterocycles. The van der Waals surface area contributed by atoms with Crippen molar-refractivity contribution in [1.82, 2.24) is 5.32 Å². The molecule has 1 amide bonds. The van der Waals surface area contributed by atoms with E-state index in [2.05, 4.69) is 10.5 Å². The molecule has 0 aromatic heterocycles. The molecule has 4 rings (SSSR count). The van der Waals surface area contributed by atoms with Gasteiger partial charge in [-0.15, -0.1) is 0 Å². The molecule has 1 N–H and O–H groups in total. The first kappa shape index (κ1) is 26.2. The van der Waals surface area contributed by atoms with Gasteiger partial charge in [0.15, 0.2) is 5.82 Å². The van der Waals surface area contributed by atoms with Gasteiger partial charge in [0.2, 0.25) is 0 Å².